The van der Waals surface area contributed by atoms with Crippen molar-refractivity contribution in [1.82, 2.24) is 0 Å². The SMILES string of the molecule is CC(C)Cc1ccc(C(=O)O[C@H](C)C(=O)c2ccc(NS(C)(=O)=O)cc2)cc1. The third-order valence-electron chi connectivity index (χ3n) is 3.96. The van der Waals surface area contributed by atoms with Crippen LogP contribution in [0.3, 0.4) is 0 Å². The summed E-state index contributed by atoms with van der Waals surface area (Å²) in [6.45, 7) is 5.76. The number of carbonyl (C=O) groups is 2. The predicted molar refractivity (Wildman–Crippen MR) is 109 cm³/mol. The summed E-state index contributed by atoms with van der Waals surface area (Å²) in [7, 11) is -3.39. The Kier molecular flexibility index (Phi) is 6.96. The van der Waals surface area contributed by atoms with Crippen molar-refractivity contribution in [3.63, 3.8) is 0 Å². The van der Waals surface area contributed by atoms with Crippen molar-refractivity contribution in [3.05, 3.63) is 65.2 Å². The lowest BCUT2D eigenvalue weighted by Crippen LogP contribution is -2.24. The molecule has 2 aromatic carbocycles. The van der Waals surface area contributed by atoms with E-state index in [0.29, 0.717) is 22.7 Å². The maximum Gasteiger partial charge on any atom is 0.338 e. The molecule has 0 fully saturated rings. The van der Waals surface area contributed by atoms with E-state index in [1.54, 1.807) is 12.1 Å². The van der Waals surface area contributed by atoms with E-state index < -0.39 is 22.1 Å². The van der Waals surface area contributed by atoms with Gasteiger partial charge in [0, 0.05) is 11.3 Å². The first kappa shape index (κ1) is 21.6. The lowest BCUT2D eigenvalue weighted by atomic mass is 10.0. The van der Waals surface area contributed by atoms with Crippen molar-refractivity contribution >= 4 is 27.5 Å². The van der Waals surface area contributed by atoms with Crippen molar-refractivity contribution in [2.45, 2.75) is 33.3 Å². The standard InChI is InChI=1S/C21H25NO5S/c1-14(2)13-16-5-7-18(8-6-16)21(24)27-15(3)20(23)17-9-11-19(12-10-17)22-28(4,25)26/h5-12,14-15,22H,13H2,1-4H3/t15-/m1/s1. The Bertz CT molecular complexity index is 932. The minimum Gasteiger partial charge on any atom is -0.451 e. The lowest BCUT2D eigenvalue weighted by molar-refractivity contribution is 0.0319. The van der Waals surface area contributed by atoms with Gasteiger partial charge in [0.2, 0.25) is 15.8 Å². The summed E-state index contributed by atoms with van der Waals surface area (Å²) in [6.07, 6.45) is 1.01. The zero-order valence-electron chi connectivity index (χ0n) is 16.4. The lowest BCUT2D eigenvalue weighted by Gasteiger charge is -2.13. The number of sulfonamides is 1. The third-order valence-corrected chi connectivity index (χ3v) is 4.57. The molecule has 0 aliphatic rings. The number of rotatable bonds is 8. The smallest absolute Gasteiger partial charge is 0.338 e. The molecule has 0 saturated heterocycles. The van der Waals surface area contributed by atoms with Gasteiger partial charge in [-0.15, -0.1) is 0 Å². The maximum atomic E-state index is 12.5. The Morgan fingerprint density at radius 2 is 1.46 bits per heavy atom. The van der Waals surface area contributed by atoms with Gasteiger partial charge in [-0.2, -0.15) is 0 Å². The molecule has 2 rings (SSSR count). The first-order valence-electron chi connectivity index (χ1n) is 8.97. The monoisotopic (exact) mass is 403 g/mol. The van der Waals surface area contributed by atoms with Crippen LogP contribution in [0.4, 0.5) is 5.69 Å². The van der Waals surface area contributed by atoms with Gasteiger partial charge in [-0.3, -0.25) is 9.52 Å². The molecule has 1 N–H and O–H groups in total. The number of hydrogen-bond donors (Lipinski definition) is 1. The van der Waals surface area contributed by atoms with Gasteiger partial charge in [-0.05, 0) is 61.2 Å². The third kappa shape index (κ3) is 6.49. The molecule has 0 radical (unpaired) electrons. The van der Waals surface area contributed by atoms with Gasteiger partial charge < -0.3 is 4.74 Å². The van der Waals surface area contributed by atoms with Crippen LogP contribution in [0, 0.1) is 5.92 Å². The van der Waals surface area contributed by atoms with Crippen molar-refractivity contribution in [3.8, 4) is 0 Å². The van der Waals surface area contributed by atoms with Crippen LogP contribution in [0.25, 0.3) is 0 Å². The second-order valence-corrected chi connectivity index (χ2v) is 8.91. The number of ether oxygens (including phenoxy) is 1. The molecular weight excluding hydrogens is 378 g/mol. The Morgan fingerprint density at radius 1 is 0.929 bits per heavy atom. The number of anilines is 1. The average Bonchev–Trinajstić information content (AvgIpc) is 2.60. The molecule has 0 bridgehead atoms. The van der Waals surface area contributed by atoms with Crippen molar-refractivity contribution in [1.29, 1.82) is 0 Å². The van der Waals surface area contributed by atoms with Gasteiger partial charge in [0.1, 0.15) is 0 Å². The molecular formula is C21H25NO5S. The summed E-state index contributed by atoms with van der Waals surface area (Å²) in [5.41, 5.74) is 2.20. The summed E-state index contributed by atoms with van der Waals surface area (Å²) in [5.74, 6) is -0.405. The normalized spacial score (nSPS) is 12.5. The van der Waals surface area contributed by atoms with Gasteiger partial charge >= 0.3 is 5.97 Å². The van der Waals surface area contributed by atoms with Crippen LogP contribution < -0.4 is 4.72 Å². The van der Waals surface area contributed by atoms with Crippen LogP contribution >= 0.6 is 0 Å². The molecule has 6 nitrogen and oxygen atoms in total. The fraction of sp³-hybridized carbons (Fsp3) is 0.333. The highest BCUT2D eigenvalue weighted by Gasteiger charge is 2.20. The highest BCUT2D eigenvalue weighted by atomic mass is 32.2. The molecule has 7 heteroatoms. The molecule has 0 saturated carbocycles. The van der Waals surface area contributed by atoms with E-state index in [0.717, 1.165) is 18.2 Å². The summed E-state index contributed by atoms with van der Waals surface area (Å²) < 4.78 is 30.0. The van der Waals surface area contributed by atoms with Gasteiger partial charge in [-0.1, -0.05) is 26.0 Å². The van der Waals surface area contributed by atoms with E-state index in [9.17, 15) is 18.0 Å². The van der Waals surface area contributed by atoms with E-state index in [2.05, 4.69) is 18.6 Å². The van der Waals surface area contributed by atoms with Gasteiger partial charge in [0.25, 0.3) is 0 Å². The Labute approximate surface area is 166 Å². The van der Waals surface area contributed by atoms with Crippen LogP contribution in [-0.2, 0) is 21.2 Å². The fourth-order valence-electron chi connectivity index (χ4n) is 2.68. The zero-order chi connectivity index (χ0) is 20.9. The Morgan fingerprint density at radius 3 is 1.96 bits per heavy atom. The highest BCUT2D eigenvalue weighted by molar-refractivity contribution is 7.92. The van der Waals surface area contributed by atoms with Crippen LogP contribution in [-0.4, -0.2) is 32.5 Å². The van der Waals surface area contributed by atoms with Crippen LogP contribution in [0.1, 0.15) is 47.1 Å². The van der Waals surface area contributed by atoms with Crippen molar-refractivity contribution in [2.75, 3.05) is 11.0 Å². The van der Waals surface area contributed by atoms with Crippen LogP contribution in [0.15, 0.2) is 48.5 Å². The number of benzene rings is 2. The molecule has 0 unspecified atom stereocenters. The predicted octanol–water partition coefficient (Wildman–Crippen LogP) is 3.68. The number of ketones is 1. The van der Waals surface area contributed by atoms with E-state index in [1.165, 1.54) is 31.2 Å². The number of esters is 1. The molecule has 2 aromatic rings. The van der Waals surface area contributed by atoms with Gasteiger partial charge in [0.05, 0.1) is 11.8 Å². The zero-order valence-corrected chi connectivity index (χ0v) is 17.2. The number of carbonyl (C=O) groups excluding carboxylic acids is 2. The van der Waals surface area contributed by atoms with Crippen LogP contribution in [0.2, 0.25) is 0 Å². The Balaban J connectivity index is 2.00. The molecule has 28 heavy (non-hydrogen) atoms. The van der Waals surface area contributed by atoms with E-state index in [1.807, 2.05) is 12.1 Å². The summed E-state index contributed by atoms with van der Waals surface area (Å²) in [6, 6.07) is 13.1. The summed E-state index contributed by atoms with van der Waals surface area (Å²) in [4.78, 5) is 24.8. The second kappa shape index (κ2) is 9.01. The molecule has 0 amide bonds. The van der Waals surface area contributed by atoms with Gasteiger partial charge in [0.15, 0.2) is 6.10 Å². The fourth-order valence-corrected chi connectivity index (χ4v) is 3.25. The molecule has 0 aromatic heterocycles. The van der Waals surface area contributed by atoms with E-state index >= 15 is 0 Å². The topological polar surface area (TPSA) is 89.5 Å². The maximum absolute atomic E-state index is 12.5. The minimum atomic E-state index is -3.39. The molecule has 0 spiro atoms. The van der Waals surface area contributed by atoms with E-state index in [4.69, 9.17) is 4.74 Å². The van der Waals surface area contributed by atoms with Crippen molar-refractivity contribution in [2.24, 2.45) is 5.92 Å². The summed E-state index contributed by atoms with van der Waals surface area (Å²) >= 11 is 0. The largest absolute Gasteiger partial charge is 0.451 e. The number of nitrogens with one attached hydrogen (secondary N) is 1. The second-order valence-electron chi connectivity index (χ2n) is 7.16. The average molecular weight is 404 g/mol. The molecule has 0 aliphatic carbocycles. The number of Topliss-reactive ketones (excluding diaryl/α,β-unsaturated/α-hetero) is 1. The summed E-state index contributed by atoms with van der Waals surface area (Å²) in [5, 5.41) is 0. The van der Waals surface area contributed by atoms with Crippen LogP contribution in [0.5, 0.6) is 0 Å². The van der Waals surface area contributed by atoms with E-state index in [-0.39, 0.29) is 5.78 Å². The quantitative estimate of drug-likeness (QED) is 0.536. The molecule has 0 aliphatic heterocycles. The molecule has 0 heterocycles. The van der Waals surface area contributed by atoms with Crippen molar-refractivity contribution < 1.29 is 22.7 Å². The molecule has 1 atom stereocenters. The first-order chi connectivity index (χ1) is 13.0. The van der Waals surface area contributed by atoms with Gasteiger partial charge in [-0.25, -0.2) is 13.2 Å². The molecule has 150 valence electrons. The number of hydrogen-bond acceptors (Lipinski definition) is 5. The minimum absolute atomic E-state index is 0.326. The Hall–Kier alpha value is -2.67. The first-order valence-corrected chi connectivity index (χ1v) is 10.9. The highest BCUT2D eigenvalue weighted by Crippen LogP contribution is 2.15.